The Morgan fingerprint density at radius 3 is 2.44 bits per heavy atom. The van der Waals surface area contributed by atoms with Crippen LogP contribution in [0.5, 0.6) is 0 Å². The lowest BCUT2D eigenvalue weighted by atomic mass is 9.75. The summed E-state index contributed by atoms with van der Waals surface area (Å²) in [4.78, 5) is 1.81. The molecule has 1 aliphatic heterocycles. The van der Waals surface area contributed by atoms with E-state index in [1.165, 1.54) is 11.4 Å². The number of pyridine rings is 1. The maximum absolute atomic E-state index is 13.9. The zero-order valence-electron chi connectivity index (χ0n) is 13.9. The predicted molar refractivity (Wildman–Crippen MR) is 97.3 cm³/mol. The van der Waals surface area contributed by atoms with Crippen LogP contribution in [0.1, 0.15) is 40.0 Å². The summed E-state index contributed by atoms with van der Waals surface area (Å²) in [6.45, 7) is 6.37. The van der Waals surface area contributed by atoms with Gasteiger partial charge in [0, 0.05) is 4.75 Å². The van der Waals surface area contributed by atoms with Crippen LogP contribution in [-0.2, 0) is 16.3 Å². The normalized spacial score (nSPS) is 35.2. The van der Waals surface area contributed by atoms with Gasteiger partial charge in [-0.15, -0.1) is 0 Å². The molecule has 2 aliphatic rings. The van der Waals surface area contributed by atoms with Crippen molar-refractivity contribution in [1.29, 1.82) is 0 Å². The molecular weight excluding hydrogens is 413 g/mol. The van der Waals surface area contributed by atoms with Crippen molar-refractivity contribution in [1.82, 2.24) is 4.98 Å². The van der Waals surface area contributed by atoms with Crippen LogP contribution in [0.2, 0.25) is 0 Å². The molecule has 0 unspecified atom stereocenters. The highest BCUT2D eigenvalue weighted by atomic mass is 33.2. The van der Waals surface area contributed by atoms with Crippen molar-refractivity contribution in [3.05, 3.63) is 23.5 Å². The molecule has 1 aliphatic carbocycles. The van der Waals surface area contributed by atoms with Crippen LogP contribution in [0.15, 0.2) is 4.90 Å². The minimum absolute atomic E-state index is 0.111. The Morgan fingerprint density at radius 2 is 1.88 bits per heavy atom. The van der Waals surface area contributed by atoms with Crippen molar-refractivity contribution < 1.29 is 22.1 Å². The van der Waals surface area contributed by atoms with Crippen molar-refractivity contribution in [3.63, 3.8) is 0 Å². The molecule has 4 atom stereocenters. The van der Waals surface area contributed by atoms with E-state index in [9.17, 15) is 17.6 Å². The minimum Gasteiger partial charge on any atom is -0.329 e. The van der Waals surface area contributed by atoms with Crippen molar-refractivity contribution in [2.75, 3.05) is 0 Å². The molecule has 0 spiro atoms. The van der Waals surface area contributed by atoms with Crippen LogP contribution in [0.4, 0.5) is 17.6 Å². The Labute approximate surface area is 157 Å². The van der Waals surface area contributed by atoms with Crippen molar-refractivity contribution in [3.8, 4) is 0 Å². The van der Waals surface area contributed by atoms with E-state index in [0.29, 0.717) is 23.2 Å². The third-order valence-electron chi connectivity index (χ3n) is 4.89. The molecular formula is C15H18F4NOPS3. The second kappa shape index (κ2) is 6.97. The summed E-state index contributed by atoms with van der Waals surface area (Å²) in [6, 6.07) is 0. The lowest BCUT2D eigenvalue weighted by Crippen LogP contribution is -2.40. The highest BCUT2D eigenvalue weighted by Crippen LogP contribution is 2.82. The molecule has 3 rings (SSSR count). The molecule has 1 aromatic heterocycles. The highest BCUT2D eigenvalue weighted by molar-refractivity contribution is 8.99. The molecule has 1 saturated carbocycles. The third kappa shape index (κ3) is 3.77. The lowest BCUT2D eigenvalue weighted by molar-refractivity contribution is 0.0997. The molecule has 0 amide bonds. The van der Waals surface area contributed by atoms with Gasteiger partial charge in [0.05, 0.1) is 11.0 Å². The van der Waals surface area contributed by atoms with E-state index >= 15 is 0 Å². The van der Waals surface area contributed by atoms with Gasteiger partial charge in [0.2, 0.25) is 0 Å². The molecule has 10 heteroatoms. The Bertz CT molecular complexity index is 724. The average molecular weight is 431 g/mol. The van der Waals surface area contributed by atoms with E-state index in [1.807, 2.05) is 6.92 Å². The summed E-state index contributed by atoms with van der Waals surface area (Å²) in [5, 5.41) is 0. The topological polar surface area (TPSA) is 22.1 Å². The molecule has 2 heterocycles. The van der Waals surface area contributed by atoms with Gasteiger partial charge >= 0.3 is 0 Å². The second-order valence-electron chi connectivity index (χ2n) is 6.97. The van der Waals surface area contributed by atoms with E-state index in [4.69, 9.17) is 16.3 Å². The first-order valence-electron chi connectivity index (χ1n) is 7.93. The fourth-order valence-corrected chi connectivity index (χ4v) is 15.0. The number of rotatable bonds is 3. The Hall–Kier alpha value is 0.180. The van der Waals surface area contributed by atoms with Gasteiger partial charge in [-0.1, -0.05) is 25.2 Å². The predicted octanol–water partition coefficient (Wildman–Crippen LogP) is 6.30. The molecule has 0 bridgehead atoms. The van der Waals surface area contributed by atoms with Gasteiger partial charge in [-0.05, 0) is 61.2 Å². The van der Waals surface area contributed by atoms with E-state index in [-0.39, 0.29) is 10.9 Å². The number of fused-ring (bicyclic) bond motifs is 1. The third-order valence-corrected chi connectivity index (χ3v) is 13.9. The second-order valence-corrected chi connectivity index (χ2v) is 17.6. The monoisotopic (exact) mass is 431 g/mol. The maximum atomic E-state index is 13.9. The summed E-state index contributed by atoms with van der Waals surface area (Å²) >= 11 is 7.57. The summed E-state index contributed by atoms with van der Waals surface area (Å²) in [6.07, 6.45) is 2.67. The van der Waals surface area contributed by atoms with E-state index in [0.717, 1.165) is 19.3 Å². The largest absolute Gasteiger partial charge is 0.329 e. The summed E-state index contributed by atoms with van der Waals surface area (Å²) in [5.41, 5.74) is 0. The van der Waals surface area contributed by atoms with E-state index in [2.05, 4.69) is 18.8 Å². The number of nitrogens with zero attached hydrogens (tertiary/aromatic N) is 1. The number of halogens is 4. The molecule has 1 saturated heterocycles. The maximum Gasteiger partial charge on any atom is 0.252 e. The van der Waals surface area contributed by atoms with Gasteiger partial charge in [-0.3, -0.25) is 0 Å². The van der Waals surface area contributed by atoms with E-state index < -0.39 is 33.1 Å². The van der Waals surface area contributed by atoms with Gasteiger partial charge in [0.1, 0.15) is 0 Å². The Balaban J connectivity index is 1.87. The molecule has 25 heavy (non-hydrogen) atoms. The van der Waals surface area contributed by atoms with Gasteiger partial charge in [0.25, 0.3) is 11.9 Å². The van der Waals surface area contributed by atoms with Gasteiger partial charge in [-0.25, -0.2) is 8.78 Å². The van der Waals surface area contributed by atoms with Crippen LogP contribution in [-0.4, -0.2) is 15.8 Å². The molecule has 2 fully saturated rings. The van der Waals surface area contributed by atoms with Gasteiger partial charge in [0.15, 0.2) is 16.3 Å². The number of hydrogen-bond donors (Lipinski definition) is 0. The summed E-state index contributed by atoms with van der Waals surface area (Å²) in [7, 11) is 0. The Morgan fingerprint density at radius 1 is 1.28 bits per heavy atom. The fourth-order valence-electron chi connectivity index (χ4n) is 3.27. The van der Waals surface area contributed by atoms with Gasteiger partial charge < -0.3 is 4.52 Å². The molecule has 140 valence electrons. The smallest absolute Gasteiger partial charge is 0.252 e. The molecule has 2 nitrogen and oxygen atoms in total. The molecule has 0 radical (unpaired) electrons. The van der Waals surface area contributed by atoms with Crippen molar-refractivity contribution in [2.45, 2.75) is 55.8 Å². The average Bonchev–Trinajstić information content (AvgIpc) is 2.79. The zero-order valence-corrected chi connectivity index (χ0v) is 17.2. The number of aromatic nitrogens is 1. The number of hydrogen-bond acceptors (Lipinski definition) is 5. The lowest BCUT2D eigenvalue weighted by Gasteiger charge is -2.38. The van der Waals surface area contributed by atoms with Gasteiger partial charge in [-0.2, -0.15) is 13.8 Å². The quantitative estimate of drug-likeness (QED) is 0.317. The first-order chi connectivity index (χ1) is 11.5. The SMILES string of the molecule is CC(C)[C@H]1CC[C@@]2(C)S[P@@](=S)(Sc3c(F)c(F)nc(F)c3F)O[C@@H]2C1. The van der Waals surface area contributed by atoms with Crippen LogP contribution in [0.3, 0.4) is 0 Å². The summed E-state index contributed by atoms with van der Waals surface area (Å²) < 4.78 is 57.7. The minimum atomic E-state index is -2.79. The van der Waals surface area contributed by atoms with Crippen LogP contribution in [0.25, 0.3) is 0 Å². The Kier molecular flexibility index (Phi) is 5.55. The molecule has 1 aromatic rings. The van der Waals surface area contributed by atoms with Crippen LogP contribution >= 0.6 is 27.4 Å². The fraction of sp³-hybridized carbons (Fsp3) is 0.667. The molecule has 0 aromatic carbocycles. The van der Waals surface area contributed by atoms with E-state index in [1.54, 1.807) is 0 Å². The zero-order chi connectivity index (χ0) is 18.6. The first kappa shape index (κ1) is 19.9. The van der Waals surface area contributed by atoms with Crippen molar-refractivity contribution in [2.24, 2.45) is 11.8 Å². The first-order valence-corrected chi connectivity index (χ1v) is 13.5. The summed E-state index contributed by atoms with van der Waals surface area (Å²) in [5.74, 6) is -5.35. The molecule has 0 N–H and O–H groups in total. The highest BCUT2D eigenvalue weighted by Gasteiger charge is 2.53. The van der Waals surface area contributed by atoms with Crippen molar-refractivity contribution >= 4 is 39.2 Å². The van der Waals surface area contributed by atoms with Crippen LogP contribution < -0.4 is 0 Å². The standard InChI is InChI=1S/C15H18F4NOPS3/c1-7(2)8-4-5-15(3)9(6-8)21-22(23,25-15)24-12-10(16)13(18)20-14(19)11(12)17/h7-9H,4-6H2,1-3H3/t8-,9+,15+,22-/m0/s1. The van der Waals surface area contributed by atoms with Crippen LogP contribution in [0, 0.1) is 35.4 Å².